The van der Waals surface area contributed by atoms with Crippen molar-refractivity contribution in [2.45, 2.75) is 25.0 Å². The Morgan fingerprint density at radius 3 is 2.48 bits per heavy atom. The summed E-state index contributed by atoms with van der Waals surface area (Å²) in [6, 6.07) is 0.750. The largest absolute Gasteiger partial charge is 0.573 e. The van der Waals surface area contributed by atoms with Crippen LogP contribution in [0.2, 0.25) is 0 Å². The van der Waals surface area contributed by atoms with E-state index in [0.29, 0.717) is 0 Å². The molecule has 0 aliphatic carbocycles. The first kappa shape index (κ1) is 17.6. The van der Waals surface area contributed by atoms with E-state index >= 15 is 0 Å². The number of pyridine rings is 1. The SMILES string of the molecule is CCOC(=O)c1c(OC(F)(F)F)cc(CBr)nc1C(F)F. The lowest BCUT2D eigenvalue weighted by atomic mass is 10.1. The van der Waals surface area contributed by atoms with Gasteiger partial charge in [-0.3, -0.25) is 0 Å². The van der Waals surface area contributed by atoms with Crippen LogP contribution in [0.4, 0.5) is 22.0 Å². The predicted molar refractivity (Wildman–Crippen MR) is 64.5 cm³/mol. The molecule has 1 aromatic heterocycles. The highest BCUT2D eigenvalue weighted by molar-refractivity contribution is 9.08. The van der Waals surface area contributed by atoms with Gasteiger partial charge in [-0.25, -0.2) is 18.6 Å². The van der Waals surface area contributed by atoms with Gasteiger partial charge in [0.05, 0.1) is 12.3 Å². The molecular weight excluding hydrogens is 369 g/mol. The zero-order chi connectivity index (χ0) is 16.2. The van der Waals surface area contributed by atoms with E-state index in [0.717, 1.165) is 6.07 Å². The molecule has 0 atom stereocenters. The van der Waals surface area contributed by atoms with Crippen molar-refractivity contribution in [3.63, 3.8) is 0 Å². The Hall–Kier alpha value is -1.45. The second-order valence-corrected chi connectivity index (χ2v) is 4.14. The van der Waals surface area contributed by atoms with Crippen molar-refractivity contribution in [1.82, 2.24) is 4.98 Å². The van der Waals surface area contributed by atoms with Crippen LogP contribution in [0.15, 0.2) is 6.07 Å². The highest BCUT2D eigenvalue weighted by atomic mass is 79.9. The topological polar surface area (TPSA) is 48.4 Å². The molecule has 0 radical (unpaired) electrons. The van der Waals surface area contributed by atoms with Crippen LogP contribution in [0.25, 0.3) is 0 Å². The molecule has 21 heavy (non-hydrogen) atoms. The smallest absolute Gasteiger partial charge is 0.462 e. The number of esters is 1. The van der Waals surface area contributed by atoms with Gasteiger partial charge in [0.15, 0.2) is 0 Å². The number of alkyl halides is 6. The molecule has 0 unspecified atom stereocenters. The van der Waals surface area contributed by atoms with Crippen LogP contribution in [0, 0.1) is 0 Å². The zero-order valence-electron chi connectivity index (χ0n) is 10.5. The van der Waals surface area contributed by atoms with Crippen LogP contribution in [0.1, 0.15) is 35.1 Å². The summed E-state index contributed by atoms with van der Waals surface area (Å²) in [5.74, 6) is -2.43. The average molecular weight is 378 g/mol. The summed E-state index contributed by atoms with van der Waals surface area (Å²) in [7, 11) is 0. The van der Waals surface area contributed by atoms with Crippen LogP contribution >= 0.6 is 15.9 Å². The van der Waals surface area contributed by atoms with Crippen molar-refractivity contribution in [2.24, 2.45) is 0 Å². The molecule has 0 saturated heterocycles. The molecule has 0 aromatic carbocycles. The van der Waals surface area contributed by atoms with Crippen molar-refractivity contribution >= 4 is 21.9 Å². The fourth-order valence-corrected chi connectivity index (χ4v) is 1.72. The molecule has 0 N–H and O–H groups in total. The minimum absolute atomic E-state index is 0.0932. The lowest BCUT2D eigenvalue weighted by molar-refractivity contribution is -0.274. The average Bonchev–Trinajstić information content (AvgIpc) is 2.35. The maximum absolute atomic E-state index is 12.9. The first-order chi connectivity index (χ1) is 9.69. The Kier molecular flexibility index (Phi) is 5.87. The van der Waals surface area contributed by atoms with Crippen molar-refractivity contribution in [3.8, 4) is 5.75 Å². The molecule has 10 heteroatoms. The number of nitrogens with zero attached hydrogens (tertiary/aromatic N) is 1. The molecule has 1 aromatic rings. The van der Waals surface area contributed by atoms with Crippen molar-refractivity contribution in [3.05, 3.63) is 23.0 Å². The van der Waals surface area contributed by atoms with Gasteiger partial charge >= 0.3 is 12.3 Å². The van der Waals surface area contributed by atoms with Crippen LogP contribution in [-0.4, -0.2) is 23.9 Å². The molecule has 0 bridgehead atoms. The van der Waals surface area contributed by atoms with Crippen LogP contribution in [-0.2, 0) is 10.1 Å². The van der Waals surface area contributed by atoms with Gasteiger partial charge in [0.2, 0.25) is 0 Å². The summed E-state index contributed by atoms with van der Waals surface area (Å²) in [5.41, 5.74) is -2.30. The van der Waals surface area contributed by atoms with Crippen LogP contribution < -0.4 is 4.74 Å². The number of rotatable bonds is 5. The van der Waals surface area contributed by atoms with Gasteiger partial charge in [-0.05, 0) is 6.92 Å². The first-order valence-corrected chi connectivity index (χ1v) is 6.62. The van der Waals surface area contributed by atoms with Gasteiger partial charge < -0.3 is 9.47 Å². The number of hydrogen-bond donors (Lipinski definition) is 0. The Balaban J connectivity index is 3.48. The lowest BCUT2D eigenvalue weighted by Crippen LogP contribution is -2.21. The first-order valence-electron chi connectivity index (χ1n) is 5.50. The number of halogens is 6. The second kappa shape index (κ2) is 7.01. The molecule has 4 nitrogen and oxygen atoms in total. The normalized spacial score (nSPS) is 11.6. The molecule has 1 heterocycles. The molecule has 118 valence electrons. The van der Waals surface area contributed by atoms with Crippen LogP contribution in [0.3, 0.4) is 0 Å². The van der Waals surface area contributed by atoms with E-state index in [1.165, 1.54) is 6.92 Å². The summed E-state index contributed by atoms with van der Waals surface area (Å²) in [5, 5.41) is -0.0932. The highest BCUT2D eigenvalue weighted by Crippen LogP contribution is 2.34. The fourth-order valence-electron chi connectivity index (χ4n) is 1.43. The van der Waals surface area contributed by atoms with Crippen LogP contribution in [0.5, 0.6) is 5.75 Å². The number of aromatic nitrogens is 1. The number of hydrogen-bond acceptors (Lipinski definition) is 4. The number of carbonyl (C=O) groups is 1. The zero-order valence-corrected chi connectivity index (χ0v) is 12.1. The second-order valence-electron chi connectivity index (χ2n) is 3.57. The summed E-state index contributed by atoms with van der Waals surface area (Å²) in [6.45, 7) is 1.18. The predicted octanol–water partition coefficient (Wildman–Crippen LogP) is 3.99. The fraction of sp³-hybridized carbons (Fsp3) is 0.455. The van der Waals surface area contributed by atoms with Gasteiger partial charge in [-0.2, -0.15) is 0 Å². The molecule has 0 aliphatic rings. The molecule has 1 rings (SSSR count). The third-order valence-electron chi connectivity index (χ3n) is 2.11. The Morgan fingerprint density at radius 2 is 2.05 bits per heavy atom. The van der Waals surface area contributed by atoms with Gasteiger partial charge in [0.1, 0.15) is 17.0 Å². The van der Waals surface area contributed by atoms with Crippen molar-refractivity contribution in [1.29, 1.82) is 0 Å². The molecular formula is C11H9BrF5NO3. The van der Waals surface area contributed by atoms with E-state index in [1.807, 2.05) is 0 Å². The lowest BCUT2D eigenvalue weighted by Gasteiger charge is -2.16. The minimum atomic E-state index is -5.15. The third kappa shape index (κ3) is 4.80. The standard InChI is InChI=1S/C11H9BrF5NO3/c1-2-20-10(19)7-6(21-11(15,16)17)3-5(4-12)18-8(7)9(13)14/h3,9H,2,4H2,1H3. The van der Waals surface area contributed by atoms with Gasteiger partial charge in [-0.1, -0.05) is 15.9 Å². The molecule has 0 fully saturated rings. The quantitative estimate of drug-likeness (QED) is 0.442. The van der Waals surface area contributed by atoms with Gasteiger partial charge in [0.25, 0.3) is 6.43 Å². The summed E-state index contributed by atoms with van der Waals surface area (Å²) >= 11 is 2.89. The van der Waals surface area contributed by atoms with E-state index in [2.05, 4.69) is 30.4 Å². The van der Waals surface area contributed by atoms with E-state index < -0.39 is 35.8 Å². The van der Waals surface area contributed by atoms with E-state index in [1.54, 1.807) is 0 Å². The maximum atomic E-state index is 12.9. The molecule has 0 saturated carbocycles. The van der Waals surface area contributed by atoms with E-state index in [-0.39, 0.29) is 17.6 Å². The van der Waals surface area contributed by atoms with Crippen molar-refractivity contribution in [2.75, 3.05) is 6.61 Å². The summed E-state index contributed by atoms with van der Waals surface area (Å²) in [6.07, 6.45) is -8.41. The van der Waals surface area contributed by atoms with E-state index in [9.17, 15) is 26.7 Å². The molecule has 0 aliphatic heterocycles. The van der Waals surface area contributed by atoms with Gasteiger partial charge in [-0.15, -0.1) is 13.2 Å². The monoisotopic (exact) mass is 377 g/mol. The Bertz CT molecular complexity index is 521. The molecule has 0 amide bonds. The number of ether oxygens (including phenoxy) is 2. The third-order valence-corrected chi connectivity index (χ3v) is 2.69. The summed E-state index contributed by atoms with van der Waals surface area (Å²) in [4.78, 5) is 15.1. The number of carbonyl (C=O) groups excluding carboxylic acids is 1. The minimum Gasteiger partial charge on any atom is -0.462 e. The maximum Gasteiger partial charge on any atom is 0.573 e. The van der Waals surface area contributed by atoms with Crippen molar-refractivity contribution < 1.29 is 36.2 Å². The van der Waals surface area contributed by atoms with Gasteiger partial charge in [0, 0.05) is 11.4 Å². The molecule has 0 spiro atoms. The summed E-state index contributed by atoms with van der Waals surface area (Å²) < 4.78 is 71.0. The highest BCUT2D eigenvalue weighted by Gasteiger charge is 2.36. The van der Waals surface area contributed by atoms with E-state index in [4.69, 9.17) is 0 Å². The Morgan fingerprint density at radius 1 is 1.43 bits per heavy atom. The Labute approximate surface area is 124 Å².